The van der Waals surface area contributed by atoms with Crippen molar-refractivity contribution in [2.24, 2.45) is 5.73 Å². The molecule has 1 heterocycles. The van der Waals surface area contributed by atoms with Gasteiger partial charge < -0.3 is 20.6 Å². The molecule has 1 aromatic rings. The summed E-state index contributed by atoms with van der Waals surface area (Å²) in [6, 6.07) is 1.18. The van der Waals surface area contributed by atoms with Crippen LogP contribution in [0.1, 0.15) is 27.3 Å². The molecule has 0 aromatic carbocycles. The number of carboxylic acid groups (broad SMARTS) is 1. The van der Waals surface area contributed by atoms with Crippen LogP contribution in [0.2, 0.25) is 0 Å². The summed E-state index contributed by atoms with van der Waals surface area (Å²) in [5, 5.41) is 11.1. The standard InChI is InChI=1S/C9H12N2O4/c10-2-1-3-11-8(12)7-4-6(5-15-7)9(13)14/h4-5H,1-3,10H2,(H,11,12)(H,13,14). The number of carbonyl (C=O) groups is 2. The van der Waals surface area contributed by atoms with Gasteiger partial charge in [0.05, 0.1) is 5.56 Å². The average Bonchev–Trinajstić information content (AvgIpc) is 2.66. The number of furan rings is 1. The summed E-state index contributed by atoms with van der Waals surface area (Å²) in [6.07, 6.45) is 1.69. The fourth-order valence-corrected chi connectivity index (χ4v) is 0.959. The SMILES string of the molecule is NCCCNC(=O)c1cc(C(=O)O)co1. The number of amides is 1. The van der Waals surface area contributed by atoms with Crippen molar-refractivity contribution in [2.75, 3.05) is 13.1 Å². The molecule has 0 aliphatic heterocycles. The third kappa shape index (κ3) is 3.10. The van der Waals surface area contributed by atoms with Crippen LogP contribution in [-0.2, 0) is 0 Å². The number of carboxylic acids is 1. The Bertz CT molecular complexity index is 359. The van der Waals surface area contributed by atoms with E-state index < -0.39 is 11.9 Å². The van der Waals surface area contributed by atoms with Crippen LogP contribution < -0.4 is 11.1 Å². The summed E-state index contributed by atoms with van der Waals surface area (Å²) < 4.78 is 4.79. The molecule has 1 rings (SSSR count). The minimum atomic E-state index is -1.13. The Hall–Kier alpha value is -1.82. The van der Waals surface area contributed by atoms with Crippen LogP contribution in [0.5, 0.6) is 0 Å². The van der Waals surface area contributed by atoms with Crippen molar-refractivity contribution in [3.8, 4) is 0 Å². The summed E-state index contributed by atoms with van der Waals surface area (Å²) in [4.78, 5) is 21.8. The number of nitrogens with two attached hydrogens (primary N) is 1. The van der Waals surface area contributed by atoms with Crippen molar-refractivity contribution in [1.29, 1.82) is 0 Å². The van der Waals surface area contributed by atoms with Crippen molar-refractivity contribution in [1.82, 2.24) is 5.32 Å². The van der Waals surface area contributed by atoms with Gasteiger partial charge in [0.2, 0.25) is 0 Å². The highest BCUT2D eigenvalue weighted by molar-refractivity contribution is 5.95. The van der Waals surface area contributed by atoms with Gasteiger partial charge in [0.1, 0.15) is 6.26 Å². The lowest BCUT2D eigenvalue weighted by Gasteiger charge is -1.99. The molecule has 0 aliphatic rings. The average molecular weight is 212 g/mol. The van der Waals surface area contributed by atoms with Gasteiger partial charge in [0.15, 0.2) is 5.76 Å². The maximum Gasteiger partial charge on any atom is 0.338 e. The number of hydrogen-bond acceptors (Lipinski definition) is 4. The molecule has 15 heavy (non-hydrogen) atoms. The minimum absolute atomic E-state index is 0.00979. The first kappa shape index (κ1) is 11.3. The monoisotopic (exact) mass is 212 g/mol. The quantitative estimate of drug-likeness (QED) is 0.598. The van der Waals surface area contributed by atoms with Gasteiger partial charge in [-0.2, -0.15) is 0 Å². The van der Waals surface area contributed by atoms with Gasteiger partial charge in [-0.05, 0) is 13.0 Å². The first-order valence-electron chi connectivity index (χ1n) is 4.45. The topological polar surface area (TPSA) is 106 Å². The van der Waals surface area contributed by atoms with E-state index >= 15 is 0 Å². The molecule has 1 amide bonds. The molecule has 0 aliphatic carbocycles. The molecule has 0 unspecified atom stereocenters. The lowest BCUT2D eigenvalue weighted by molar-refractivity contribution is 0.0696. The number of carbonyl (C=O) groups excluding carboxylic acids is 1. The number of hydrogen-bond donors (Lipinski definition) is 3. The molecule has 82 valence electrons. The van der Waals surface area contributed by atoms with E-state index in [9.17, 15) is 9.59 Å². The molecular weight excluding hydrogens is 200 g/mol. The van der Waals surface area contributed by atoms with Gasteiger partial charge in [0, 0.05) is 12.6 Å². The Kier molecular flexibility index (Phi) is 3.87. The molecule has 0 fully saturated rings. The van der Waals surface area contributed by atoms with Crippen LogP contribution in [0, 0.1) is 0 Å². The van der Waals surface area contributed by atoms with Crippen molar-refractivity contribution >= 4 is 11.9 Å². The van der Waals surface area contributed by atoms with Crippen molar-refractivity contribution < 1.29 is 19.1 Å². The van der Waals surface area contributed by atoms with E-state index in [0.29, 0.717) is 19.5 Å². The van der Waals surface area contributed by atoms with Gasteiger partial charge in [-0.1, -0.05) is 0 Å². The third-order valence-corrected chi connectivity index (χ3v) is 1.74. The Labute approximate surface area is 86.1 Å². The Morgan fingerprint density at radius 3 is 2.80 bits per heavy atom. The Morgan fingerprint density at radius 1 is 1.53 bits per heavy atom. The fraction of sp³-hybridized carbons (Fsp3) is 0.333. The molecule has 0 spiro atoms. The Balaban J connectivity index is 2.54. The molecule has 0 bridgehead atoms. The third-order valence-electron chi connectivity index (χ3n) is 1.74. The summed E-state index contributed by atoms with van der Waals surface area (Å²) in [7, 11) is 0. The predicted molar refractivity (Wildman–Crippen MR) is 51.7 cm³/mol. The normalized spacial score (nSPS) is 9.93. The molecule has 6 heteroatoms. The number of nitrogens with one attached hydrogen (secondary N) is 1. The second-order valence-corrected chi connectivity index (χ2v) is 2.90. The van der Waals surface area contributed by atoms with Crippen LogP contribution in [0.25, 0.3) is 0 Å². The highest BCUT2D eigenvalue weighted by atomic mass is 16.4. The van der Waals surface area contributed by atoms with E-state index in [0.717, 1.165) is 6.26 Å². The molecule has 0 radical (unpaired) electrons. The van der Waals surface area contributed by atoms with E-state index in [1.807, 2.05) is 0 Å². The first-order chi connectivity index (χ1) is 7.15. The van der Waals surface area contributed by atoms with Gasteiger partial charge in [-0.25, -0.2) is 4.79 Å². The van der Waals surface area contributed by atoms with Crippen molar-refractivity contribution in [2.45, 2.75) is 6.42 Å². The van der Waals surface area contributed by atoms with E-state index in [2.05, 4.69) is 5.32 Å². The maximum absolute atomic E-state index is 11.3. The maximum atomic E-state index is 11.3. The molecule has 6 nitrogen and oxygen atoms in total. The van der Waals surface area contributed by atoms with Crippen LogP contribution >= 0.6 is 0 Å². The lowest BCUT2D eigenvalue weighted by atomic mass is 10.3. The highest BCUT2D eigenvalue weighted by Gasteiger charge is 2.13. The summed E-state index contributed by atoms with van der Waals surface area (Å²) in [5.74, 6) is -1.57. The zero-order valence-corrected chi connectivity index (χ0v) is 8.03. The molecule has 0 atom stereocenters. The fourth-order valence-electron chi connectivity index (χ4n) is 0.959. The molecule has 0 saturated heterocycles. The predicted octanol–water partition coefficient (Wildman–Crippen LogP) is 0.0564. The zero-order chi connectivity index (χ0) is 11.3. The first-order valence-corrected chi connectivity index (χ1v) is 4.45. The van der Waals surface area contributed by atoms with E-state index in [1.54, 1.807) is 0 Å². The summed E-state index contributed by atoms with van der Waals surface area (Å²) in [5.41, 5.74) is 5.20. The molecule has 0 saturated carbocycles. The molecule has 4 N–H and O–H groups in total. The van der Waals surface area contributed by atoms with Crippen LogP contribution in [-0.4, -0.2) is 30.1 Å². The summed E-state index contributed by atoms with van der Waals surface area (Å²) >= 11 is 0. The van der Waals surface area contributed by atoms with Gasteiger partial charge >= 0.3 is 5.97 Å². The van der Waals surface area contributed by atoms with Crippen molar-refractivity contribution in [3.05, 3.63) is 23.7 Å². The van der Waals surface area contributed by atoms with Crippen molar-refractivity contribution in [3.63, 3.8) is 0 Å². The minimum Gasteiger partial charge on any atom is -0.478 e. The largest absolute Gasteiger partial charge is 0.478 e. The Morgan fingerprint density at radius 2 is 2.27 bits per heavy atom. The second kappa shape index (κ2) is 5.16. The molecular formula is C9H12N2O4. The number of rotatable bonds is 5. The summed E-state index contributed by atoms with van der Waals surface area (Å²) in [6.45, 7) is 0.928. The lowest BCUT2D eigenvalue weighted by Crippen LogP contribution is -2.25. The van der Waals surface area contributed by atoms with E-state index in [1.165, 1.54) is 6.07 Å². The van der Waals surface area contributed by atoms with Gasteiger partial charge in [0.25, 0.3) is 5.91 Å². The van der Waals surface area contributed by atoms with Gasteiger partial charge in [-0.3, -0.25) is 4.79 Å². The van der Waals surface area contributed by atoms with Crippen LogP contribution in [0.3, 0.4) is 0 Å². The van der Waals surface area contributed by atoms with Gasteiger partial charge in [-0.15, -0.1) is 0 Å². The smallest absolute Gasteiger partial charge is 0.338 e. The second-order valence-electron chi connectivity index (χ2n) is 2.90. The highest BCUT2D eigenvalue weighted by Crippen LogP contribution is 2.07. The van der Waals surface area contributed by atoms with E-state index in [-0.39, 0.29) is 11.3 Å². The van der Waals surface area contributed by atoms with Crippen LogP contribution in [0.4, 0.5) is 0 Å². The van der Waals surface area contributed by atoms with Crippen LogP contribution in [0.15, 0.2) is 16.7 Å². The molecule has 1 aromatic heterocycles. The van der Waals surface area contributed by atoms with E-state index in [4.69, 9.17) is 15.3 Å². The number of aromatic carboxylic acids is 1. The zero-order valence-electron chi connectivity index (χ0n) is 8.03.